The zero-order valence-electron chi connectivity index (χ0n) is 13.0. The number of anilines is 2. The highest BCUT2D eigenvalue weighted by atomic mass is 14.8. The minimum Gasteiger partial charge on any atom is -0.399 e. The quantitative estimate of drug-likeness (QED) is 0.546. The molecule has 0 bridgehead atoms. The third kappa shape index (κ3) is 2.44. The second-order valence-electron chi connectivity index (χ2n) is 5.62. The van der Waals surface area contributed by atoms with E-state index < -0.39 is 0 Å². The molecule has 0 amide bonds. The van der Waals surface area contributed by atoms with Gasteiger partial charge in [-0.2, -0.15) is 0 Å². The summed E-state index contributed by atoms with van der Waals surface area (Å²) in [4.78, 5) is 9.65. The lowest BCUT2D eigenvalue weighted by Crippen LogP contribution is -1.98. The minimum absolute atomic E-state index is 0.626. The first-order valence-corrected chi connectivity index (χ1v) is 7.70. The van der Waals surface area contributed by atoms with E-state index in [0.717, 1.165) is 39.2 Å². The van der Waals surface area contributed by atoms with E-state index in [1.165, 1.54) is 0 Å². The van der Waals surface area contributed by atoms with E-state index in [4.69, 9.17) is 21.4 Å². The first-order valence-electron chi connectivity index (χ1n) is 7.70. The van der Waals surface area contributed by atoms with Crippen molar-refractivity contribution in [1.29, 1.82) is 0 Å². The predicted molar refractivity (Wildman–Crippen MR) is 99.2 cm³/mol. The number of nitrogens with zero attached hydrogens (tertiary/aromatic N) is 2. The Morgan fingerprint density at radius 3 is 2.00 bits per heavy atom. The monoisotopic (exact) mass is 312 g/mol. The van der Waals surface area contributed by atoms with Crippen LogP contribution in [0.4, 0.5) is 11.4 Å². The van der Waals surface area contributed by atoms with Crippen molar-refractivity contribution in [3.8, 4) is 22.5 Å². The summed E-state index contributed by atoms with van der Waals surface area (Å²) in [5.74, 6) is 0. The van der Waals surface area contributed by atoms with E-state index in [2.05, 4.69) is 0 Å². The van der Waals surface area contributed by atoms with Crippen LogP contribution in [0.2, 0.25) is 0 Å². The van der Waals surface area contributed by atoms with Crippen LogP contribution in [-0.2, 0) is 0 Å². The Labute approximate surface area is 139 Å². The molecule has 1 heterocycles. The van der Waals surface area contributed by atoms with E-state index in [-0.39, 0.29) is 0 Å². The molecule has 24 heavy (non-hydrogen) atoms. The third-order valence-electron chi connectivity index (χ3n) is 3.96. The molecular weight excluding hydrogens is 296 g/mol. The number of nitrogen functional groups attached to an aromatic ring is 2. The minimum atomic E-state index is 0.626. The highest BCUT2D eigenvalue weighted by Crippen LogP contribution is 2.32. The molecule has 116 valence electrons. The van der Waals surface area contributed by atoms with Crippen LogP contribution < -0.4 is 11.5 Å². The van der Waals surface area contributed by atoms with Gasteiger partial charge in [0.1, 0.15) is 5.52 Å². The fourth-order valence-electron chi connectivity index (χ4n) is 2.74. The Hall–Kier alpha value is -3.40. The van der Waals surface area contributed by atoms with E-state index in [0.29, 0.717) is 5.69 Å². The summed E-state index contributed by atoms with van der Waals surface area (Å²) in [5, 5.41) is 0. The van der Waals surface area contributed by atoms with Gasteiger partial charge in [0.15, 0.2) is 0 Å². The normalized spacial score (nSPS) is 10.8. The molecule has 1 aromatic heterocycles. The zero-order valence-corrected chi connectivity index (χ0v) is 13.0. The first kappa shape index (κ1) is 14.2. The molecule has 0 saturated carbocycles. The van der Waals surface area contributed by atoms with E-state index in [1.807, 2.05) is 72.8 Å². The molecular formula is C20H16N4. The molecule has 4 heteroatoms. The summed E-state index contributed by atoms with van der Waals surface area (Å²) in [6.45, 7) is 0. The van der Waals surface area contributed by atoms with Gasteiger partial charge in [0, 0.05) is 16.8 Å². The molecule has 4 nitrogen and oxygen atoms in total. The van der Waals surface area contributed by atoms with Crippen LogP contribution in [0.3, 0.4) is 0 Å². The van der Waals surface area contributed by atoms with Crippen molar-refractivity contribution in [2.24, 2.45) is 0 Å². The highest BCUT2D eigenvalue weighted by Gasteiger charge is 2.14. The predicted octanol–water partition coefficient (Wildman–Crippen LogP) is 4.13. The molecule has 3 aromatic carbocycles. The van der Waals surface area contributed by atoms with Gasteiger partial charge in [0.05, 0.1) is 22.6 Å². The van der Waals surface area contributed by atoms with Crippen LogP contribution >= 0.6 is 0 Å². The van der Waals surface area contributed by atoms with Crippen molar-refractivity contribution in [2.75, 3.05) is 11.5 Å². The maximum absolute atomic E-state index is 6.09. The summed E-state index contributed by atoms with van der Waals surface area (Å²) in [6, 6.07) is 23.3. The van der Waals surface area contributed by atoms with E-state index >= 15 is 0 Å². The van der Waals surface area contributed by atoms with Crippen molar-refractivity contribution >= 4 is 22.4 Å². The van der Waals surface area contributed by atoms with Gasteiger partial charge < -0.3 is 11.5 Å². The van der Waals surface area contributed by atoms with Gasteiger partial charge in [0.25, 0.3) is 0 Å². The van der Waals surface area contributed by atoms with Crippen LogP contribution in [0.25, 0.3) is 33.5 Å². The lowest BCUT2D eigenvalue weighted by atomic mass is 10.0. The van der Waals surface area contributed by atoms with Crippen molar-refractivity contribution in [3.63, 3.8) is 0 Å². The largest absolute Gasteiger partial charge is 0.399 e. The molecule has 0 aliphatic rings. The molecule has 0 saturated heterocycles. The number of hydrogen-bond acceptors (Lipinski definition) is 4. The summed E-state index contributed by atoms with van der Waals surface area (Å²) in [6.07, 6.45) is 0. The molecule has 4 aromatic rings. The fraction of sp³-hybridized carbons (Fsp3) is 0. The summed E-state index contributed by atoms with van der Waals surface area (Å²) < 4.78 is 0. The van der Waals surface area contributed by atoms with Gasteiger partial charge in [-0.15, -0.1) is 0 Å². The van der Waals surface area contributed by atoms with Crippen LogP contribution in [-0.4, -0.2) is 9.97 Å². The second kappa shape index (κ2) is 5.66. The standard InChI is InChI=1S/C20H16N4/c21-15-11-9-14(10-12-15)18-19(13-5-2-1-3-6-13)24-20-16(22)7-4-8-17(20)23-18/h1-12H,21-22H2. The van der Waals surface area contributed by atoms with Crippen molar-refractivity contribution in [3.05, 3.63) is 72.8 Å². The van der Waals surface area contributed by atoms with Gasteiger partial charge in [0.2, 0.25) is 0 Å². The number of fused-ring (bicyclic) bond motifs is 1. The van der Waals surface area contributed by atoms with E-state index in [9.17, 15) is 0 Å². The number of rotatable bonds is 2. The van der Waals surface area contributed by atoms with Crippen molar-refractivity contribution in [2.45, 2.75) is 0 Å². The average Bonchev–Trinajstić information content (AvgIpc) is 2.62. The second-order valence-corrected chi connectivity index (χ2v) is 5.62. The van der Waals surface area contributed by atoms with E-state index in [1.54, 1.807) is 0 Å². The Balaban J connectivity index is 2.04. The van der Waals surface area contributed by atoms with Crippen LogP contribution in [0.5, 0.6) is 0 Å². The Morgan fingerprint density at radius 1 is 0.583 bits per heavy atom. The molecule has 0 aliphatic carbocycles. The maximum Gasteiger partial charge on any atom is 0.112 e. The lowest BCUT2D eigenvalue weighted by Gasteiger charge is -2.11. The van der Waals surface area contributed by atoms with Gasteiger partial charge >= 0.3 is 0 Å². The smallest absolute Gasteiger partial charge is 0.112 e. The molecule has 4 rings (SSSR count). The van der Waals surface area contributed by atoms with Crippen molar-refractivity contribution in [1.82, 2.24) is 9.97 Å². The number of para-hydroxylation sites is 1. The molecule has 0 aliphatic heterocycles. The number of hydrogen-bond donors (Lipinski definition) is 2. The zero-order chi connectivity index (χ0) is 16.5. The molecule has 4 N–H and O–H groups in total. The van der Waals surface area contributed by atoms with Gasteiger partial charge in [-0.25, -0.2) is 9.97 Å². The van der Waals surface area contributed by atoms with Gasteiger partial charge in [-0.05, 0) is 24.3 Å². The number of nitrogens with two attached hydrogens (primary N) is 2. The van der Waals surface area contributed by atoms with Gasteiger partial charge in [-0.1, -0.05) is 48.5 Å². The van der Waals surface area contributed by atoms with Crippen LogP contribution in [0.15, 0.2) is 72.8 Å². The number of aromatic nitrogens is 2. The summed E-state index contributed by atoms with van der Waals surface area (Å²) >= 11 is 0. The summed E-state index contributed by atoms with van der Waals surface area (Å²) in [7, 11) is 0. The topological polar surface area (TPSA) is 77.8 Å². The summed E-state index contributed by atoms with van der Waals surface area (Å²) in [5.41, 5.74) is 18.4. The van der Waals surface area contributed by atoms with Crippen LogP contribution in [0, 0.1) is 0 Å². The Morgan fingerprint density at radius 2 is 1.25 bits per heavy atom. The average molecular weight is 312 g/mol. The fourth-order valence-corrected chi connectivity index (χ4v) is 2.74. The SMILES string of the molecule is Nc1ccc(-c2nc3cccc(N)c3nc2-c2ccccc2)cc1. The highest BCUT2D eigenvalue weighted by molar-refractivity contribution is 5.92. The molecule has 0 unspecified atom stereocenters. The molecule has 0 radical (unpaired) electrons. The maximum atomic E-state index is 6.09. The number of benzene rings is 3. The first-order chi connectivity index (χ1) is 11.7. The molecule has 0 atom stereocenters. The Kier molecular flexibility index (Phi) is 3.35. The third-order valence-corrected chi connectivity index (χ3v) is 3.96. The van der Waals surface area contributed by atoms with Crippen molar-refractivity contribution < 1.29 is 0 Å². The lowest BCUT2D eigenvalue weighted by molar-refractivity contribution is 1.29. The van der Waals surface area contributed by atoms with Gasteiger partial charge in [-0.3, -0.25) is 0 Å². The molecule has 0 spiro atoms. The Bertz CT molecular complexity index is 1010. The molecule has 0 fully saturated rings. The van der Waals surface area contributed by atoms with Crippen LogP contribution in [0.1, 0.15) is 0 Å².